The molecule has 0 rings (SSSR count). The number of likely N-dealkylation sites (N-methyl/N-ethyl adjacent to an activating group) is 1. The van der Waals surface area contributed by atoms with Gasteiger partial charge in [0.25, 0.3) is 0 Å². The van der Waals surface area contributed by atoms with Crippen LogP contribution in [-0.2, 0) is 0 Å². The van der Waals surface area contributed by atoms with Crippen LogP contribution in [0.2, 0.25) is 0 Å². The molecular weight excluding hydrogens is 146 g/mol. The maximum atomic E-state index is 6.13. The van der Waals surface area contributed by atoms with E-state index >= 15 is 0 Å². The van der Waals surface area contributed by atoms with Gasteiger partial charge in [-0.2, -0.15) is 0 Å². The molecule has 0 unspecified atom stereocenters. The summed E-state index contributed by atoms with van der Waals surface area (Å²) in [4.78, 5) is -0.214. The van der Waals surface area contributed by atoms with Crippen molar-refractivity contribution in [3.05, 3.63) is 12.7 Å². The lowest BCUT2D eigenvalue weighted by Crippen LogP contribution is -2.52. The first-order valence-electron chi connectivity index (χ1n) is 3.44. The number of quaternary nitrogens is 1. The number of hydrogen-bond acceptors (Lipinski definition) is 0. The lowest BCUT2D eigenvalue weighted by Gasteiger charge is -2.39. The van der Waals surface area contributed by atoms with Crippen molar-refractivity contribution in [2.75, 3.05) is 20.6 Å². The molecule has 10 heavy (non-hydrogen) atoms. The molecule has 0 radical (unpaired) electrons. The van der Waals surface area contributed by atoms with Crippen molar-refractivity contribution in [2.24, 2.45) is 0 Å². The van der Waals surface area contributed by atoms with E-state index in [1.165, 1.54) is 0 Å². The zero-order valence-electron chi connectivity index (χ0n) is 7.32. The second-order valence-corrected chi connectivity index (χ2v) is 4.49. The monoisotopic (exact) mass is 162 g/mol. The van der Waals surface area contributed by atoms with E-state index in [1.807, 2.05) is 19.9 Å². The topological polar surface area (TPSA) is 0 Å². The molecule has 0 atom stereocenters. The van der Waals surface area contributed by atoms with Crippen molar-refractivity contribution in [1.82, 2.24) is 0 Å². The molecule has 0 bridgehead atoms. The van der Waals surface area contributed by atoms with Gasteiger partial charge in [-0.25, -0.2) is 0 Å². The third-order valence-electron chi connectivity index (χ3n) is 2.02. The predicted octanol–water partition coefficient (Wildman–Crippen LogP) is 2.22. The predicted molar refractivity (Wildman–Crippen MR) is 47.1 cm³/mol. The minimum absolute atomic E-state index is 0.214. The first-order chi connectivity index (χ1) is 4.31. The van der Waals surface area contributed by atoms with Gasteiger partial charge in [0, 0.05) is 13.8 Å². The van der Waals surface area contributed by atoms with Gasteiger partial charge < -0.3 is 4.48 Å². The summed E-state index contributed by atoms with van der Waals surface area (Å²) in [5.41, 5.74) is 0. The standard InChI is InChI=1S/C8H17ClN/c1-6-7-10(4,5)8(2,3)9/h6H,1,7H2,2-5H3/q+1. The van der Waals surface area contributed by atoms with Crippen LogP contribution < -0.4 is 0 Å². The number of nitrogens with zero attached hydrogens (tertiary/aromatic N) is 1. The molecule has 0 saturated heterocycles. The largest absolute Gasteiger partial charge is 0.308 e. The van der Waals surface area contributed by atoms with Crippen LogP contribution in [0.5, 0.6) is 0 Å². The number of hydrogen-bond donors (Lipinski definition) is 0. The Morgan fingerprint density at radius 1 is 1.50 bits per heavy atom. The van der Waals surface area contributed by atoms with Crippen LogP contribution >= 0.6 is 11.6 Å². The SMILES string of the molecule is C=CC[N+](C)(C)C(C)(C)Cl. The third kappa shape index (κ3) is 2.31. The van der Waals surface area contributed by atoms with Crippen molar-refractivity contribution in [1.29, 1.82) is 0 Å². The third-order valence-corrected chi connectivity index (χ3v) is 2.48. The molecule has 0 heterocycles. The lowest BCUT2D eigenvalue weighted by molar-refractivity contribution is -0.917. The van der Waals surface area contributed by atoms with Crippen molar-refractivity contribution < 1.29 is 4.48 Å². The summed E-state index contributed by atoms with van der Waals surface area (Å²) in [6.45, 7) is 8.61. The second-order valence-electron chi connectivity index (χ2n) is 3.57. The molecule has 0 spiro atoms. The molecular formula is C8H17ClN+. The van der Waals surface area contributed by atoms with Gasteiger partial charge in [-0.15, -0.1) is 0 Å². The first kappa shape index (κ1) is 9.99. The second kappa shape index (κ2) is 2.93. The van der Waals surface area contributed by atoms with Gasteiger partial charge in [0.15, 0.2) is 5.00 Å². The van der Waals surface area contributed by atoms with E-state index < -0.39 is 0 Å². The molecule has 0 N–H and O–H groups in total. The zero-order valence-corrected chi connectivity index (χ0v) is 8.07. The smallest absolute Gasteiger partial charge is 0.169 e. The number of rotatable bonds is 3. The van der Waals surface area contributed by atoms with Crippen LogP contribution in [0.15, 0.2) is 12.7 Å². The Morgan fingerprint density at radius 2 is 1.90 bits per heavy atom. The first-order valence-corrected chi connectivity index (χ1v) is 3.82. The minimum atomic E-state index is -0.214. The van der Waals surface area contributed by atoms with Gasteiger partial charge >= 0.3 is 0 Å². The molecule has 1 nitrogen and oxygen atoms in total. The van der Waals surface area contributed by atoms with Gasteiger partial charge in [0.2, 0.25) is 0 Å². The van der Waals surface area contributed by atoms with Gasteiger partial charge in [-0.1, -0.05) is 18.2 Å². The van der Waals surface area contributed by atoms with Crippen molar-refractivity contribution in [3.63, 3.8) is 0 Å². The Kier molecular flexibility index (Phi) is 2.93. The average molecular weight is 163 g/mol. The summed E-state index contributed by atoms with van der Waals surface area (Å²) in [6.07, 6.45) is 1.89. The van der Waals surface area contributed by atoms with Crippen molar-refractivity contribution in [2.45, 2.75) is 18.8 Å². The maximum absolute atomic E-state index is 6.13. The highest BCUT2D eigenvalue weighted by Gasteiger charge is 2.32. The van der Waals surface area contributed by atoms with E-state index in [1.54, 1.807) is 0 Å². The number of alkyl halides is 1. The molecule has 0 fully saturated rings. The summed E-state index contributed by atoms with van der Waals surface area (Å²) in [5.74, 6) is 0. The summed E-state index contributed by atoms with van der Waals surface area (Å²) in [5, 5.41) is 0. The van der Waals surface area contributed by atoms with Gasteiger partial charge in [0.1, 0.15) is 0 Å². The maximum Gasteiger partial charge on any atom is 0.169 e. The molecule has 0 aromatic carbocycles. The van der Waals surface area contributed by atoms with Crippen LogP contribution in [0, 0.1) is 0 Å². The van der Waals surface area contributed by atoms with E-state index in [0.29, 0.717) is 0 Å². The fourth-order valence-corrected chi connectivity index (χ4v) is 0.609. The minimum Gasteiger partial charge on any atom is -0.308 e. The molecule has 0 amide bonds. The Morgan fingerprint density at radius 3 is 2.00 bits per heavy atom. The van der Waals surface area contributed by atoms with Crippen LogP contribution in [0.4, 0.5) is 0 Å². The Labute approximate surface area is 68.9 Å². The fraction of sp³-hybridized carbons (Fsp3) is 0.750. The molecule has 0 aliphatic rings. The summed E-state index contributed by atoms with van der Waals surface area (Å²) < 4.78 is 0.762. The Bertz CT molecular complexity index is 122. The molecule has 60 valence electrons. The Balaban J connectivity index is 4.23. The normalized spacial score (nSPS) is 13.3. The van der Waals surface area contributed by atoms with Crippen molar-refractivity contribution in [3.8, 4) is 0 Å². The highest BCUT2D eigenvalue weighted by Crippen LogP contribution is 2.23. The quantitative estimate of drug-likeness (QED) is 0.259. The highest BCUT2D eigenvalue weighted by molar-refractivity contribution is 6.22. The van der Waals surface area contributed by atoms with E-state index in [9.17, 15) is 0 Å². The molecule has 0 saturated carbocycles. The van der Waals surface area contributed by atoms with Crippen molar-refractivity contribution >= 4 is 11.6 Å². The van der Waals surface area contributed by atoms with E-state index in [4.69, 9.17) is 11.6 Å². The lowest BCUT2D eigenvalue weighted by atomic mass is 10.2. The van der Waals surface area contributed by atoms with Gasteiger partial charge in [0.05, 0.1) is 20.6 Å². The average Bonchev–Trinajstić information content (AvgIpc) is 1.61. The summed E-state index contributed by atoms with van der Waals surface area (Å²) >= 11 is 6.13. The van der Waals surface area contributed by atoms with Crippen LogP contribution in [-0.4, -0.2) is 30.1 Å². The van der Waals surface area contributed by atoms with E-state index in [0.717, 1.165) is 11.0 Å². The molecule has 0 aromatic rings. The summed E-state index contributed by atoms with van der Waals surface area (Å²) in [6, 6.07) is 0. The highest BCUT2D eigenvalue weighted by atomic mass is 35.5. The van der Waals surface area contributed by atoms with Crippen LogP contribution in [0.3, 0.4) is 0 Å². The zero-order chi connectivity index (χ0) is 8.41. The van der Waals surface area contributed by atoms with E-state index in [2.05, 4.69) is 20.7 Å². The Hall–Kier alpha value is -0.0100. The molecule has 0 aliphatic carbocycles. The van der Waals surface area contributed by atoms with Gasteiger partial charge in [-0.3, -0.25) is 0 Å². The number of halogens is 1. The summed E-state index contributed by atoms with van der Waals surface area (Å²) in [7, 11) is 4.18. The molecule has 0 aromatic heterocycles. The molecule has 2 heteroatoms. The van der Waals surface area contributed by atoms with E-state index in [-0.39, 0.29) is 5.00 Å². The fourth-order valence-electron chi connectivity index (χ4n) is 0.540. The van der Waals surface area contributed by atoms with Gasteiger partial charge in [-0.05, 0) is 6.08 Å². The van der Waals surface area contributed by atoms with Crippen LogP contribution in [0.1, 0.15) is 13.8 Å². The molecule has 0 aliphatic heterocycles. The van der Waals surface area contributed by atoms with Crippen LogP contribution in [0.25, 0.3) is 0 Å².